The first-order valence-corrected chi connectivity index (χ1v) is 11.4. The predicted octanol–water partition coefficient (Wildman–Crippen LogP) is 6.41. The number of pyridine rings is 1. The molecule has 1 N–H and O–H groups in total. The van der Waals surface area contributed by atoms with Crippen LogP contribution in [0.5, 0.6) is 11.5 Å². The molecule has 0 fully saturated rings. The number of aliphatic carboxylic acids is 1. The summed E-state index contributed by atoms with van der Waals surface area (Å²) in [5.41, 5.74) is 2.30. The molecule has 0 aliphatic carbocycles. The van der Waals surface area contributed by atoms with E-state index in [1.54, 1.807) is 31.4 Å². The van der Waals surface area contributed by atoms with Crippen molar-refractivity contribution < 1.29 is 19.4 Å². The number of ether oxygens (including phenoxy) is 2. The first kappa shape index (κ1) is 24.0. The number of carboxylic acid groups (broad SMARTS) is 1. The van der Waals surface area contributed by atoms with Crippen molar-refractivity contribution in [3.05, 3.63) is 87.7 Å². The zero-order valence-electron chi connectivity index (χ0n) is 17.3. The first-order chi connectivity index (χ1) is 15.5. The molecular weight excluding hydrogens is 469 g/mol. The summed E-state index contributed by atoms with van der Waals surface area (Å²) in [5.74, 6) is 0.773. The SMILES string of the molecule is COc1ccc(CCOc2ccc(CSc3c(Cl)cccc3Cl)nc2/C=C/C(=O)O)cc1. The minimum Gasteiger partial charge on any atom is -0.497 e. The van der Waals surface area contributed by atoms with Gasteiger partial charge >= 0.3 is 5.97 Å². The molecular formula is C24H21Cl2NO4S. The zero-order chi connectivity index (χ0) is 22.9. The van der Waals surface area contributed by atoms with Crippen LogP contribution in [0.3, 0.4) is 0 Å². The quantitative estimate of drug-likeness (QED) is 0.262. The van der Waals surface area contributed by atoms with Crippen molar-refractivity contribution in [3.8, 4) is 11.5 Å². The van der Waals surface area contributed by atoms with Crippen molar-refractivity contribution in [2.45, 2.75) is 17.1 Å². The average Bonchev–Trinajstić information content (AvgIpc) is 2.78. The summed E-state index contributed by atoms with van der Waals surface area (Å²) in [7, 11) is 1.63. The number of carbonyl (C=O) groups is 1. The normalized spacial score (nSPS) is 11.0. The van der Waals surface area contributed by atoms with Crippen molar-refractivity contribution in [2.24, 2.45) is 0 Å². The van der Waals surface area contributed by atoms with Crippen molar-refractivity contribution >= 4 is 47.0 Å². The molecule has 32 heavy (non-hydrogen) atoms. The van der Waals surface area contributed by atoms with Crippen LogP contribution in [-0.2, 0) is 17.0 Å². The number of carboxylic acids is 1. The standard InChI is InChI=1S/C24H21Cl2NO4S/c1-30-18-8-5-16(6-9-18)13-14-31-22-11-7-17(27-21(22)10-12-23(28)29)15-32-24-19(25)3-2-4-20(24)26/h2-12H,13-15H2,1H3,(H,28,29)/b12-10+. The van der Waals surface area contributed by atoms with E-state index < -0.39 is 5.97 Å². The highest BCUT2D eigenvalue weighted by Gasteiger charge is 2.10. The molecule has 0 unspecified atom stereocenters. The van der Waals surface area contributed by atoms with E-state index in [1.807, 2.05) is 30.3 Å². The molecule has 0 aliphatic rings. The van der Waals surface area contributed by atoms with Gasteiger partial charge in [0.1, 0.15) is 17.2 Å². The van der Waals surface area contributed by atoms with Crippen molar-refractivity contribution in [1.82, 2.24) is 4.98 Å². The van der Waals surface area contributed by atoms with E-state index in [2.05, 4.69) is 4.98 Å². The maximum Gasteiger partial charge on any atom is 0.328 e. The number of benzene rings is 2. The fourth-order valence-corrected chi connectivity index (χ4v) is 4.40. The van der Waals surface area contributed by atoms with E-state index in [9.17, 15) is 4.79 Å². The molecule has 0 saturated heterocycles. The van der Waals surface area contributed by atoms with Crippen LogP contribution in [-0.4, -0.2) is 29.8 Å². The summed E-state index contributed by atoms with van der Waals surface area (Å²) < 4.78 is 11.1. The summed E-state index contributed by atoms with van der Waals surface area (Å²) in [5, 5.41) is 10.2. The highest BCUT2D eigenvalue weighted by atomic mass is 35.5. The third-order valence-corrected chi connectivity index (χ3v) is 6.44. The smallest absolute Gasteiger partial charge is 0.328 e. The second-order valence-electron chi connectivity index (χ2n) is 6.64. The van der Waals surface area contributed by atoms with Crippen LogP contribution in [0.2, 0.25) is 10.0 Å². The largest absolute Gasteiger partial charge is 0.497 e. The minimum absolute atomic E-state index is 0.422. The molecule has 1 heterocycles. The van der Waals surface area contributed by atoms with E-state index in [0.717, 1.165) is 28.0 Å². The lowest BCUT2D eigenvalue weighted by molar-refractivity contribution is -0.131. The lowest BCUT2D eigenvalue weighted by atomic mass is 10.1. The Bertz CT molecular complexity index is 1080. The lowest BCUT2D eigenvalue weighted by Crippen LogP contribution is -2.04. The first-order valence-electron chi connectivity index (χ1n) is 9.69. The number of methoxy groups -OCH3 is 1. The Morgan fingerprint density at radius 3 is 2.47 bits per heavy atom. The number of hydrogen-bond donors (Lipinski definition) is 1. The van der Waals surface area contributed by atoms with Gasteiger partial charge in [0.25, 0.3) is 0 Å². The molecule has 0 radical (unpaired) electrons. The fraction of sp³-hybridized carbons (Fsp3) is 0.167. The molecule has 1 aromatic heterocycles. The highest BCUT2D eigenvalue weighted by Crippen LogP contribution is 2.35. The summed E-state index contributed by atoms with van der Waals surface area (Å²) in [6.07, 6.45) is 3.16. The fourth-order valence-electron chi connectivity index (χ4n) is 2.81. The van der Waals surface area contributed by atoms with Crippen LogP contribution in [0.25, 0.3) is 6.08 Å². The van der Waals surface area contributed by atoms with Crippen LogP contribution >= 0.6 is 35.0 Å². The molecule has 2 aromatic carbocycles. The molecule has 0 amide bonds. The molecule has 3 aromatic rings. The lowest BCUT2D eigenvalue weighted by Gasteiger charge is -2.11. The topological polar surface area (TPSA) is 68.7 Å². The molecule has 5 nitrogen and oxygen atoms in total. The van der Waals surface area contributed by atoms with Crippen LogP contribution < -0.4 is 9.47 Å². The summed E-state index contributed by atoms with van der Waals surface area (Å²) in [6.45, 7) is 0.422. The molecule has 3 rings (SSSR count). The third kappa shape index (κ3) is 6.92. The monoisotopic (exact) mass is 489 g/mol. The van der Waals surface area contributed by atoms with Gasteiger partial charge in [0.05, 0.1) is 29.5 Å². The van der Waals surface area contributed by atoms with Gasteiger partial charge in [-0.3, -0.25) is 0 Å². The summed E-state index contributed by atoms with van der Waals surface area (Å²) in [6, 6.07) is 16.8. The van der Waals surface area contributed by atoms with Gasteiger partial charge in [-0.05, 0) is 48.0 Å². The Morgan fingerprint density at radius 1 is 1.09 bits per heavy atom. The van der Waals surface area contributed by atoms with Gasteiger partial charge in [-0.1, -0.05) is 41.4 Å². The Kier molecular flexibility index (Phi) is 8.85. The van der Waals surface area contributed by atoms with Crippen molar-refractivity contribution in [2.75, 3.05) is 13.7 Å². The van der Waals surface area contributed by atoms with Gasteiger partial charge in [0.2, 0.25) is 0 Å². The summed E-state index contributed by atoms with van der Waals surface area (Å²) in [4.78, 5) is 16.4. The highest BCUT2D eigenvalue weighted by molar-refractivity contribution is 7.98. The second-order valence-corrected chi connectivity index (χ2v) is 8.44. The van der Waals surface area contributed by atoms with Gasteiger partial charge in [-0.2, -0.15) is 0 Å². The Labute approximate surface area is 201 Å². The van der Waals surface area contributed by atoms with Gasteiger partial charge in [0.15, 0.2) is 0 Å². The van der Waals surface area contributed by atoms with Gasteiger partial charge < -0.3 is 14.6 Å². The zero-order valence-corrected chi connectivity index (χ0v) is 19.6. The van der Waals surface area contributed by atoms with E-state index >= 15 is 0 Å². The molecule has 0 saturated carbocycles. The maximum atomic E-state index is 11.0. The van der Waals surface area contributed by atoms with E-state index in [-0.39, 0.29) is 0 Å². The van der Waals surface area contributed by atoms with Crippen LogP contribution in [0, 0.1) is 0 Å². The van der Waals surface area contributed by atoms with E-state index in [1.165, 1.54) is 17.8 Å². The number of halogens is 2. The van der Waals surface area contributed by atoms with E-state index in [0.29, 0.717) is 40.3 Å². The second kappa shape index (κ2) is 11.8. The molecule has 8 heteroatoms. The van der Waals surface area contributed by atoms with E-state index in [4.69, 9.17) is 37.8 Å². The number of hydrogen-bond acceptors (Lipinski definition) is 5. The van der Waals surface area contributed by atoms with Crippen LogP contribution in [0.4, 0.5) is 0 Å². The number of rotatable bonds is 10. The molecule has 0 atom stereocenters. The van der Waals surface area contributed by atoms with Crippen LogP contribution in [0.1, 0.15) is 17.0 Å². The van der Waals surface area contributed by atoms with Crippen LogP contribution in [0.15, 0.2) is 65.6 Å². The van der Waals surface area contributed by atoms with Crippen molar-refractivity contribution in [1.29, 1.82) is 0 Å². The predicted molar refractivity (Wildman–Crippen MR) is 129 cm³/mol. The van der Waals surface area contributed by atoms with Gasteiger partial charge in [-0.25, -0.2) is 9.78 Å². The summed E-state index contributed by atoms with van der Waals surface area (Å²) >= 11 is 13.9. The molecule has 0 aliphatic heterocycles. The number of nitrogens with zero attached hydrogens (tertiary/aromatic N) is 1. The maximum absolute atomic E-state index is 11.0. The Hall–Kier alpha value is -2.67. The average molecular weight is 490 g/mol. The Balaban J connectivity index is 1.70. The van der Waals surface area contributed by atoms with Crippen molar-refractivity contribution in [3.63, 3.8) is 0 Å². The third-order valence-electron chi connectivity index (χ3n) is 4.42. The number of thioether (sulfide) groups is 1. The molecule has 0 bridgehead atoms. The van der Waals surface area contributed by atoms with Gasteiger partial charge in [-0.15, -0.1) is 11.8 Å². The van der Waals surface area contributed by atoms with Gasteiger partial charge in [0, 0.05) is 23.1 Å². The Morgan fingerprint density at radius 2 is 1.81 bits per heavy atom. The molecule has 166 valence electrons. The number of aromatic nitrogens is 1. The minimum atomic E-state index is -1.06. The molecule has 0 spiro atoms.